The average Bonchev–Trinajstić information content (AvgIpc) is 3.15. The molecule has 0 aromatic heterocycles. The summed E-state index contributed by atoms with van der Waals surface area (Å²) in [4.78, 5) is 0. The minimum absolute atomic E-state index is 0.0207. The van der Waals surface area contributed by atoms with Gasteiger partial charge >= 0.3 is 6.11 Å². The molecule has 36 heavy (non-hydrogen) atoms. The minimum Gasteiger partial charge on any atom is -0.491 e. The Morgan fingerprint density at radius 2 is 1.33 bits per heavy atom. The van der Waals surface area contributed by atoms with Gasteiger partial charge in [-0.05, 0) is 55.0 Å². The fourth-order valence-corrected chi connectivity index (χ4v) is 4.60. The third-order valence-corrected chi connectivity index (χ3v) is 6.49. The van der Waals surface area contributed by atoms with Crippen LogP contribution in [0.2, 0.25) is 0 Å². The lowest BCUT2D eigenvalue weighted by molar-refractivity contribution is -0.189. The van der Waals surface area contributed by atoms with Crippen LogP contribution >= 0.6 is 0 Å². The maximum absolute atomic E-state index is 14.9. The Labute approximate surface area is 205 Å². The predicted octanol–water partition coefficient (Wildman–Crippen LogP) is 8.87. The highest BCUT2D eigenvalue weighted by molar-refractivity contribution is 5.65. The predicted molar refractivity (Wildman–Crippen MR) is 124 cm³/mol. The van der Waals surface area contributed by atoms with Crippen molar-refractivity contribution in [3.8, 4) is 22.6 Å². The van der Waals surface area contributed by atoms with Gasteiger partial charge in [0.25, 0.3) is 0 Å². The first-order valence-corrected chi connectivity index (χ1v) is 12.0. The fraction of sp³-hybridized carbons (Fsp3) is 0.357. The number of halogens is 6. The zero-order valence-corrected chi connectivity index (χ0v) is 19.7. The monoisotopic (exact) mass is 508 g/mol. The summed E-state index contributed by atoms with van der Waals surface area (Å²) in [6, 6.07) is 10.3. The van der Waals surface area contributed by atoms with Gasteiger partial charge in [-0.1, -0.05) is 56.0 Å². The van der Waals surface area contributed by atoms with E-state index in [2.05, 4.69) is 4.74 Å². The number of alkyl halides is 2. The van der Waals surface area contributed by atoms with Crippen LogP contribution in [0.4, 0.5) is 26.3 Å². The summed E-state index contributed by atoms with van der Waals surface area (Å²) in [5.74, 6) is -7.83. The van der Waals surface area contributed by atoms with Gasteiger partial charge in [-0.25, -0.2) is 8.78 Å². The van der Waals surface area contributed by atoms with E-state index in [1.165, 1.54) is 19.8 Å². The number of ether oxygens (including phenoxy) is 2. The maximum atomic E-state index is 14.9. The Hall–Kier alpha value is -3.16. The van der Waals surface area contributed by atoms with Crippen molar-refractivity contribution in [1.82, 2.24) is 0 Å². The smallest absolute Gasteiger partial charge is 0.429 e. The zero-order chi connectivity index (χ0) is 25.9. The van der Waals surface area contributed by atoms with Crippen LogP contribution in [0.5, 0.6) is 11.5 Å². The number of hydrogen-bond donors (Lipinski definition) is 0. The summed E-state index contributed by atoms with van der Waals surface area (Å²) in [7, 11) is 0. The maximum Gasteiger partial charge on any atom is 0.429 e. The molecule has 192 valence electrons. The molecule has 0 unspecified atom stereocenters. The van der Waals surface area contributed by atoms with Crippen LogP contribution in [0.1, 0.15) is 62.5 Å². The molecule has 0 N–H and O–H groups in total. The molecule has 1 saturated carbocycles. The molecule has 1 fully saturated rings. The van der Waals surface area contributed by atoms with E-state index in [1.807, 2.05) is 12.1 Å². The minimum atomic E-state index is -4.48. The van der Waals surface area contributed by atoms with Gasteiger partial charge in [0, 0.05) is 5.56 Å². The molecular weight excluding hydrogens is 482 g/mol. The molecule has 3 aromatic carbocycles. The highest BCUT2D eigenvalue weighted by Gasteiger charge is 2.40. The van der Waals surface area contributed by atoms with Crippen molar-refractivity contribution in [2.24, 2.45) is 0 Å². The van der Waals surface area contributed by atoms with E-state index < -0.39 is 46.4 Å². The Morgan fingerprint density at radius 3 is 1.97 bits per heavy atom. The van der Waals surface area contributed by atoms with E-state index >= 15 is 0 Å². The van der Waals surface area contributed by atoms with Crippen molar-refractivity contribution >= 4 is 0 Å². The standard InChI is InChI=1S/C28H26F6O2/c1-2-35-22-15-16-23(27(32)26(22)31)36-28(33,34)21-14-13-20(24(29)25(21)30)19-11-9-18(10-12-19)17-7-5-3-4-6-8-17/h9-17H,2-8H2,1H3. The third-order valence-electron chi connectivity index (χ3n) is 6.49. The van der Waals surface area contributed by atoms with Gasteiger partial charge in [0.05, 0.1) is 6.61 Å². The molecular formula is C28H26F6O2. The van der Waals surface area contributed by atoms with E-state index in [0.717, 1.165) is 49.4 Å². The molecule has 0 saturated heterocycles. The van der Waals surface area contributed by atoms with E-state index in [0.29, 0.717) is 17.5 Å². The molecule has 3 aromatic rings. The van der Waals surface area contributed by atoms with E-state index in [1.54, 1.807) is 12.1 Å². The molecule has 0 heterocycles. The van der Waals surface area contributed by atoms with Crippen LogP contribution in [0.3, 0.4) is 0 Å². The van der Waals surface area contributed by atoms with Crippen LogP contribution in [-0.2, 0) is 6.11 Å². The summed E-state index contributed by atoms with van der Waals surface area (Å²) in [6.07, 6.45) is 2.39. The number of benzene rings is 3. The Bertz CT molecular complexity index is 1200. The Morgan fingerprint density at radius 1 is 0.722 bits per heavy atom. The molecule has 1 aliphatic carbocycles. The SMILES string of the molecule is CCOc1ccc(OC(F)(F)c2ccc(-c3ccc(C4CCCCCC4)cc3)c(F)c2F)c(F)c1F. The second-order valence-electron chi connectivity index (χ2n) is 8.84. The molecule has 2 nitrogen and oxygen atoms in total. The normalized spacial score (nSPS) is 15.0. The first kappa shape index (κ1) is 25.9. The first-order chi connectivity index (χ1) is 17.2. The first-order valence-electron chi connectivity index (χ1n) is 12.0. The average molecular weight is 509 g/mol. The van der Waals surface area contributed by atoms with Gasteiger partial charge in [0.2, 0.25) is 11.6 Å². The lowest BCUT2D eigenvalue weighted by Crippen LogP contribution is -2.25. The van der Waals surface area contributed by atoms with Crippen LogP contribution in [0, 0.1) is 23.3 Å². The van der Waals surface area contributed by atoms with Crippen LogP contribution in [0.25, 0.3) is 11.1 Å². The van der Waals surface area contributed by atoms with Gasteiger partial charge in [-0.15, -0.1) is 0 Å². The molecule has 1 aliphatic rings. The fourth-order valence-electron chi connectivity index (χ4n) is 4.60. The van der Waals surface area contributed by atoms with Crippen LogP contribution < -0.4 is 9.47 Å². The van der Waals surface area contributed by atoms with Gasteiger partial charge < -0.3 is 9.47 Å². The number of hydrogen-bond acceptors (Lipinski definition) is 2. The molecule has 4 rings (SSSR count). The van der Waals surface area contributed by atoms with Gasteiger partial charge in [-0.3, -0.25) is 0 Å². The molecule has 0 radical (unpaired) electrons. The quantitative estimate of drug-likeness (QED) is 0.234. The van der Waals surface area contributed by atoms with Crippen molar-refractivity contribution in [2.75, 3.05) is 6.61 Å². The highest BCUT2D eigenvalue weighted by Crippen LogP contribution is 2.39. The third kappa shape index (κ3) is 5.32. The van der Waals surface area contributed by atoms with Crippen molar-refractivity contribution in [1.29, 1.82) is 0 Å². The van der Waals surface area contributed by atoms with Crippen molar-refractivity contribution in [3.05, 3.63) is 82.9 Å². The molecule has 0 bridgehead atoms. The van der Waals surface area contributed by atoms with Crippen molar-refractivity contribution in [3.63, 3.8) is 0 Å². The van der Waals surface area contributed by atoms with Crippen LogP contribution in [0.15, 0.2) is 48.5 Å². The molecule has 0 atom stereocenters. The molecule has 0 aliphatic heterocycles. The second kappa shape index (κ2) is 10.8. The van der Waals surface area contributed by atoms with E-state index in [9.17, 15) is 26.3 Å². The summed E-state index contributed by atoms with van der Waals surface area (Å²) < 4.78 is 96.5. The van der Waals surface area contributed by atoms with Gasteiger partial charge in [0.15, 0.2) is 23.1 Å². The van der Waals surface area contributed by atoms with Crippen molar-refractivity contribution in [2.45, 2.75) is 57.5 Å². The van der Waals surface area contributed by atoms with E-state index in [-0.39, 0.29) is 12.2 Å². The summed E-state index contributed by atoms with van der Waals surface area (Å²) >= 11 is 0. The largest absolute Gasteiger partial charge is 0.491 e. The van der Waals surface area contributed by atoms with Gasteiger partial charge in [-0.2, -0.15) is 17.6 Å². The molecule has 8 heteroatoms. The summed E-state index contributed by atoms with van der Waals surface area (Å²) in [6.45, 7) is 1.55. The highest BCUT2D eigenvalue weighted by atomic mass is 19.3. The summed E-state index contributed by atoms with van der Waals surface area (Å²) in [5.41, 5.74) is -0.188. The molecule has 0 spiro atoms. The Kier molecular flexibility index (Phi) is 7.81. The lowest BCUT2D eigenvalue weighted by atomic mass is 9.90. The second-order valence-corrected chi connectivity index (χ2v) is 8.84. The van der Waals surface area contributed by atoms with E-state index in [4.69, 9.17) is 4.74 Å². The zero-order valence-electron chi connectivity index (χ0n) is 19.7. The topological polar surface area (TPSA) is 18.5 Å². The van der Waals surface area contributed by atoms with Crippen LogP contribution in [-0.4, -0.2) is 6.61 Å². The van der Waals surface area contributed by atoms with Crippen molar-refractivity contribution < 1.29 is 35.8 Å². The Balaban J connectivity index is 1.58. The van der Waals surface area contributed by atoms with Gasteiger partial charge in [0.1, 0.15) is 5.56 Å². The summed E-state index contributed by atoms with van der Waals surface area (Å²) in [5, 5.41) is 0. The molecule has 0 amide bonds. The number of rotatable bonds is 7. The lowest BCUT2D eigenvalue weighted by Gasteiger charge is -2.20.